The van der Waals surface area contributed by atoms with Gasteiger partial charge in [-0.1, -0.05) is 150 Å². The van der Waals surface area contributed by atoms with Crippen LogP contribution in [0.3, 0.4) is 0 Å². The number of aliphatic carboxylic acids is 1. The van der Waals surface area contributed by atoms with Crippen molar-refractivity contribution in [3.05, 3.63) is 97.2 Å². The van der Waals surface area contributed by atoms with Crippen molar-refractivity contribution in [2.45, 2.75) is 174 Å². The number of carbonyl (C=O) groups excluding carboxylic acids is 3. The molecule has 0 aliphatic rings. The fraction of sp³-hybridized carbons (Fsp3) is 0.635. The van der Waals surface area contributed by atoms with Crippen molar-refractivity contribution in [2.75, 3.05) is 41.0 Å². The monoisotopic (exact) mass is 836 g/mol. The van der Waals surface area contributed by atoms with Crippen LogP contribution in [0.5, 0.6) is 0 Å². The molecule has 0 fully saturated rings. The van der Waals surface area contributed by atoms with Crippen LogP contribution in [0, 0.1) is 0 Å². The van der Waals surface area contributed by atoms with Crippen LogP contribution in [0.4, 0.5) is 0 Å². The zero-order valence-electron chi connectivity index (χ0n) is 38.6. The van der Waals surface area contributed by atoms with E-state index in [2.05, 4.69) is 111 Å². The number of carboxylic acids is 1. The van der Waals surface area contributed by atoms with Crippen LogP contribution in [-0.2, 0) is 28.6 Å². The molecule has 0 heterocycles. The Labute approximate surface area is 366 Å². The van der Waals surface area contributed by atoms with Crippen LogP contribution in [-0.4, -0.2) is 75.5 Å². The third-order valence-corrected chi connectivity index (χ3v) is 9.70. The quantitative estimate of drug-likeness (QED) is 0.0262. The minimum atomic E-state index is -1.14. The van der Waals surface area contributed by atoms with Gasteiger partial charge in [0.05, 0.1) is 40.3 Å². The maximum Gasteiger partial charge on any atom is 0.306 e. The predicted octanol–water partition coefficient (Wildman–Crippen LogP) is 11.7. The van der Waals surface area contributed by atoms with Crippen LogP contribution in [0.25, 0.3) is 0 Å². The molecule has 0 bridgehead atoms. The minimum Gasteiger partial charge on any atom is -0.544 e. The summed E-state index contributed by atoms with van der Waals surface area (Å²) in [6.07, 6.45) is 55.8. The van der Waals surface area contributed by atoms with Gasteiger partial charge < -0.3 is 28.6 Å². The Morgan fingerprint density at radius 1 is 0.517 bits per heavy atom. The van der Waals surface area contributed by atoms with Crippen LogP contribution in [0.2, 0.25) is 0 Å². The largest absolute Gasteiger partial charge is 0.544 e. The van der Waals surface area contributed by atoms with Crippen molar-refractivity contribution < 1.29 is 38.2 Å². The molecule has 0 aromatic carbocycles. The molecule has 0 N–H and O–H groups in total. The molecule has 2 unspecified atom stereocenters. The molecule has 0 rings (SSSR count). The number of carboxylic acid groups (broad SMARTS) is 1. The highest BCUT2D eigenvalue weighted by atomic mass is 16.6. The van der Waals surface area contributed by atoms with Crippen molar-refractivity contribution in [3.8, 4) is 0 Å². The molecule has 0 spiro atoms. The summed E-state index contributed by atoms with van der Waals surface area (Å²) in [6, 6.07) is -0.744. The zero-order chi connectivity index (χ0) is 44.2. The van der Waals surface area contributed by atoms with E-state index in [-0.39, 0.29) is 49.1 Å². The highest BCUT2D eigenvalue weighted by molar-refractivity contribution is 5.70. The third kappa shape index (κ3) is 39.7. The van der Waals surface area contributed by atoms with Crippen LogP contribution in [0.15, 0.2) is 97.2 Å². The Kier molecular flexibility index (Phi) is 39.3. The Bertz CT molecular complexity index is 1300. The smallest absolute Gasteiger partial charge is 0.306 e. The van der Waals surface area contributed by atoms with Gasteiger partial charge in [-0.15, -0.1) is 0 Å². The van der Waals surface area contributed by atoms with Crippen molar-refractivity contribution in [1.82, 2.24) is 0 Å². The number of ether oxygens (including phenoxy) is 3. The van der Waals surface area contributed by atoms with E-state index in [1.807, 2.05) is 0 Å². The van der Waals surface area contributed by atoms with Gasteiger partial charge in [-0.25, -0.2) is 0 Å². The molecule has 0 aromatic heterocycles. The summed E-state index contributed by atoms with van der Waals surface area (Å²) in [5, 5.41) is 11.6. The van der Waals surface area contributed by atoms with Gasteiger partial charge in [0.2, 0.25) is 0 Å². The van der Waals surface area contributed by atoms with E-state index in [0.29, 0.717) is 12.8 Å². The third-order valence-electron chi connectivity index (χ3n) is 9.70. The number of rotatable bonds is 40. The summed E-state index contributed by atoms with van der Waals surface area (Å²) in [6.45, 7) is 4.43. The number of esters is 2. The van der Waals surface area contributed by atoms with E-state index in [1.54, 1.807) is 21.1 Å². The van der Waals surface area contributed by atoms with Crippen molar-refractivity contribution in [1.29, 1.82) is 0 Å². The van der Waals surface area contributed by atoms with Crippen molar-refractivity contribution >= 4 is 17.9 Å². The average Bonchev–Trinajstić information content (AvgIpc) is 3.21. The molecule has 2 atom stereocenters. The highest BCUT2D eigenvalue weighted by Crippen LogP contribution is 2.12. The molecule has 0 aromatic rings. The number of likely N-dealkylation sites (N-methyl/N-ethyl adjacent to an activating group) is 1. The van der Waals surface area contributed by atoms with Gasteiger partial charge in [-0.3, -0.25) is 9.59 Å². The number of hydrogen-bond acceptors (Lipinski definition) is 7. The Balaban J connectivity index is 4.45. The average molecular weight is 836 g/mol. The molecule has 8 nitrogen and oxygen atoms in total. The van der Waals surface area contributed by atoms with Crippen LogP contribution in [0.1, 0.15) is 162 Å². The van der Waals surface area contributed by atoms with E-state index in [1.165, 1.54) is 38.5 Å². The lowest BCUT2D eigenvalue weighted by Crippen LogP contribution is -2.55. The minimum absolute atomic E-state index is 0.00738. The molecule has 0 aliphatic heterocycles. The molecular weight excluding hydrogens is 751 g/mol. The first-order valence-corrected chi connectivity index (χ1v) is 23.3. The summed E-state index contributed by atoms with van der Waals surface area (Å²) >= 11 is 0. The maximum atomic E-state index is 12.7. The lowest BCUT2D eigenvalue weighted by molar-refractivity contribution is -0.889. The maximum absolute atomic E-state index is 12.7. The molecule has 60 heavy (non-hydrogen) atoms. The highest BCUT2D eigenvalue weighted by Gasteiger charge is 2.25. The number of unbranched alkanes of at least 4 members (excludes halogenated alkanes) is 10. The van der Waals surface area contributed by atoms with Gasteiger partial charge >= 0.3 is 11.9 Å². The zero-order valence-corrected chi connectivity index (χ0v) is 38.6. The summed E-state index contributed by atoms with van der Waals surface area (Å²) in [5.41, 5.74) is 0. The Morgan fingerprint density at radius 2 is 0.950 bits per heavy atom. The lowest BCUT2D eigenvalue weighted by atomic mass is 10.1. The fourth-order valence-corrected chi connectivity index (χ4v) is 6.11. The van der Waals surface area contributed by atoms with Gasteiger partial charge in [0.1, 0.15) is 12.6 Å². The number of carbonyl (C=O) groups is 3. The molecule has 0 aliphatic carbocycles. The second-order valence-corrected chi connectivity index (χ2v) is 16.3. The second-order valence-electron chi connectivity index (χ2n) is 16.3. The molecule has 0 amide bonds. The first kappa shape index (κ1) is 56.2. The summed E-state index contributed by atoms with van der Waals surface area (Å²) in [7, 11) is 5.37. The standard InChI is InChI=1S/C52H85NO7/c1-6-8-10-12-14-16-18-20-22-24-25-27-28-30-32-34-36-38-40-42-50(54)59-47-48(46-58-45-44-49(52(56)57)53(3,4)5)60-51(55)43-41-39-37-35-33-31-29-26-23-21-19-17-15-13-11-9-7-2/h9,11,14-17,20-23,25,27,29,31,35,37,48-49H,6-8,10,12-13,18-19,24,26,28,30,32-34,36,38-47H2,1-5H3/b11-9-,16-14-,17-15-,22-20-,23-21-,27-25-,31-29-,37-35-. The van der Waals surface area contributed by atoms with Gasteiger partial charge in [-0.2, -0.15) is 0 Å². The van der Waals surface area contributed by atoms with E-state index in [9.17, 15) is 19.5 Å². The van der Waals surface area contributed by atoms with E-state index in [0.717, 1.165) is 83.5 Å². The molecular formula is C52H85NO7. The van der Waals surface area contributed by atoms with Gasteiger partial charge in [0.15, 0.2) is 6.10 Å². The van der Waals surface area contributed by atoms with E-state index in [4.69, 9.17) is 14.2 Å². The van der Waals surface area contributed by atoms with Crippen LogP contribution < -0.4 is 5.11 Å². The Morgan fingerprint density at radius 3 is 1.43 bits per heavy atom. The fourth-order valence-electron chi connectivity index (χ4n) is 6.11. The summed E-state index contributed by atoms with van der Waals surface area (Å²) in [4.78, 5) is 36.9. The normalized spacial score (nSPS) is 13.8. The molecule has 0 saturated heterocycles. The molecule has 0 saturated carbocycles. The second kappa shape index (κ2) is 42.0. The van der Waals surface area contributed by atoms with E-state index < -0.39 is 18.1 Å². The van der Waals surface area contributed by atoms with Crippen molar-refractivity contribution in [2.24, 2.45) is 0 Å². The topological polar surface area (TPSA) is 102 Å². The molecule has 340 valence electrons. The Hall–Kier alpha value is -3.75. The predicted molar refractivity (Wildman–Crippen MR) is 249 cm³/mol. The number of quaternary nitrogens is 1. The van der Waals surface area contributed by atoms with Gasteiger partial charge in [-0.05, 0) is 89.9 Å². The van der Waals surface area contributed by atoms with Gasteiger partial charge in [0, 0.05) is 19.3 Å². The summed E-state index contributed by atoms with van der Waals surface area (Å²) < 4.78 is 17.1. The van der Waals surface area contributed by atoms with E-state index >= 15 is 0 Å². The first-order chi connectivity index (χ1) is 29.1. The summed E-state index contributed by atoms with van der Waals surface area (Å²) in [5.74, 6) is -1.84. The SMILES string of the molecule is CC/C=C\C/C=C\C/C=C\C/C=C\C/C=C\CCCC(=O)OC(COCCC(C(=O)[O-])[N+](C)(C)C)COC(=O)CCCCCCCC/C=C\C/C=C\C/C=C\CCCCC. The van der Waals surface area contributed by atoms with Crippen LogP contribution >= 0.6 is 0 Å². The number of hydrogen-bond donors (Lipinski definition) is 0. The van der Waals surface area contributed by atoms with Gasteiger partial charge in [0.25, 0.3) is 0 Å². The first-order valence-electron chi connectivity index (χ1n) is 23.3. The van der Waals surface area contributed by atoms with Crippen molar-refractivity contribution in [3.63, 3.8) is 0 Å². The molecule has 0 radical (unpaired) electrons. The number of allylic oxidation sites excluding steroid dienone is 16. The number of nitrogens with zero attached hydrogens (tertiary/aromatic N) is 1. The molecule has 8 heteroatoms. The lowest BCUT2D eigenvalue weighted by Gasteiger charge is -2.34.